The summed E-state index contributed by atoms with van der Waals surface area (Å²) in [5, 5.41) is 3.10. The first-order valence-electron chi connectivity index (χ1n) is 10.7. The number of fused-ring (bicyclic) bond motifs is 1. The van der Waals surface area contributed by atoms with E-state index in [-0.39, 0.29) is 24.9 Å². The van der Waals surface area contributed by atoms with Gasteiger partial charge in [0.05, 0.1) is 25.1 Å². The molecular weight excluding hydrogens is 428 g/mol. The van der Waals surface area contributed by atoms with Gasteiger partial charge in [-0.15, -0.1) is 0 Å². The Kier molecular flexibility index (Phi) is 7.03. The van der Waals surface area contributed by atoms with Gasteiger partial charge in [-0.2, -0.15) is 0 Å². The summed E-state index contributed by atoms with van der Waals surface area (Å²) < 4.78 is 37.4. The van der Waals surface area contributed by atoms with Gasteiger partial charge >= 0.3 is 0 Å². The zero-order valence-electron chi connectivity index (χ0n) is 19.3. The van der Waals surface area contributed by atoms with Crippen LogP contribution in [-0.2, 0) is 14.8 Å². The van der Waals surface area contributed by atoms with E-state index in [2.05, 4.69) is 5.32 Å². The van der Waals surface area contributed by atoms with Crippen molar-refractivity contribution >= 4 is 21.6 Å². The number of methoxy groups -OCH3 is 1. The third-order valence-electron chi connectivity index (χ3n) is 5.56. The molecule has 0 saturated heterocycles. The van der Waals surface area contributed by atoms with Crippen LogP contribution in [-0.4, -0.2) is 39.8 Å². The molecule has 32 heavy (non-hydrogen) atoms. The lowest BCUT2D eigenvalue weighted by Gasteiger charge is -2.38. The van der Waals surface area contributed by atoms with Crippen LogP contribution in [0.4, 0.5) is 5.69 Å². The van der Waals surface area contributed by atoms with E-state index in [1.807, 2.05) is 57.2 Å². The molecule has 1 amide bonds. The predicted octanol–water partition coefficient (Wildman–Crippen LogP) is 3.97. The number of ether oxygens (including phenoxy) is 2. The second kappa shape index (κ2) is 9.40. The number of carbonyl (C=O) groups is 1. The molecule has 1 atom stereocenters. The molecule has 1 aliphatic rings. The molecule has 8 heteroatoms. The SMILES string of the molecule is COc1ccc2c(c1)OC(C)(C)C[C@@H]2NC(=O)CCCN(c1ccccc1C)S(C)(=O)=O. The van der Waals surface area contributed by atoms with Gasteiger partial charge in [0.25, 0.3) is 0 Å². The maximum Gasteiger partial charge on any atom is 0.232 e. The van der Waals surface area contributed by atoms with E-state index in [1.54, 1.807) is 13.2 Å². The van der Waals surface area contributed by atoms with Crippen molar-refractivity contribution in [3.8, 4) is 11.5 Å². The van der Waals surface area contributed by atoms with E-state index in [1.165, 1.54) is 10.6 Å². The Morgan fingerprint density at radius 1 is 1.25 bits per heavy atom. The van der Waals surface area contributed by atoms with Crippen LogP contribution in [0.25, 0.3) is 0 Å². The molecule has 0 unspecified atom stereocenters. The highest BCUT2D eigenvalue weighted by molar-refractivity contribution is 7.92. The summed E-state index contributed by atoms with van der Waals surface area (Å²) in [4.78, 5) is 12.7. The second-order valence-electron chi connectivity index (χ2n) is 8.81. The Hall–Kier alpha value is -2.74. The largest absolute Gasteiger partial charge is 0.497 e. The monoisotopic (exact) mass is 460 g/mol. The minimum atomic E-state index is -3.45. The molecule has 3 rings (SSSR count). The van der Waals surface area contributed by atoms with Crippen molar-refractivity contribution in [1.29, 1.82) is 0 Å². The number of nitrogens with zero attached hydrogens (tertiary/aromatic N) is 1. The molecule has 0 fully saturated rings. The van der Waals surface area contributed by atoms with Crippen LogP contribution in [0, 0.1) is 6.92 Å². The summed E-state index contributed by atoms with van der Waals surface area (Å²) >= 11 is 0. The molecule has 0 radical (unpaired) electrons. The van der Waals surface area contributed by atoms with Crippen molar-refractivity contribution in [2.75, 3.05) is 24.2 Å². The molecule has 0 bridgehead atoms. The lowest BCUT2D eigenvalue weighted by Crippen LogP contribution is -2.41. The fraction of sp³-hybridized carbons (Fsp3) is 0.458. The fourth-order valence-electron chi connectivity index (χ4n) is 4.05. The molecule has 1 N–H and O–H groups in total. The molecule has 1 aliphatic heterocycles. The quantitative estimate of drug-likeness (QED) is 0.644. The van der Waals surface area contributed by atoms with E-state index in [9.17, 15) is 13.2 Å². The number of carbonyl (C=O) groups excluding carboxylic acids is 1. The Bertz CT molecular complexity index is 1080. The van der Waals surface area contributed by atoms with Gasteiger partial charge in [0.15, 0.2) is 0 Å². The summed E-state index contributed by atoms with van der Waals surface area (Å²) in [5.41, 5.74) is 1.99. The van der Waals surface area contributed by atoms with Gasteiger partial charge in [-0.05, 0) is 51.0 Å². The number of anilines is 1. The molecular formula is C24H32N2O5S. The first-order chi connectivity index (χ1) is 15.0. The standard InChI is InChI=1S/C24H32N2O5S/c1-17-9-6-7-10-21(17)26(32(5,28)29)14-8-11-23(27)25-20-16-24(2,3)31-22-15-18(30-4)12-13-19(20)22/h6-7,9-10,12-13,15,20H,8,11,14,16H2,1-5H3,(H,25,27)/t20-/m0/s1. The zero-order chi connectivity index (χ0) is 23.5. The van der Waals surface area contributed by atoms with E-state index >= 15 is 0 Å². The van der Waals surface area contributed by atoms with Crippen LogP contribution in [0.5, 0.6) is 11.5 Å². The minimum Gasteiger partial charge on any atom is -0.497 e. The van der Waals surface area contributed by atoms with Gasteiger partial charge in [-0.25, -0.2) is 8.42 Å². The number of aryl methyl sites for hydroxylation is 1. The predicted molar refractivity (Wildman–Crippen MR) is 126 cm³/mol. The highest BCUT2D eigenvalue weighted by atomic mass is 32.2. The van der Waals surface area contributed by atoms with E-state index in [4.69, 9.17) is 9.47 Å². The normalized spacial score (nSPS) is 17.1. The van der Waals surface area contributed by atoms with Crippen LogP contribution in [0.3, 0.4) is 0 Å². The second-order valence-corrected chi connectivity index (χ2v) is 10.7. The maximum atomic E-state index is 12.7. The van der Waals surface area contributed by atoms with Gasteiger partial charge < -0.3 is 14.8 Å². The number of sulfonamides is 1. The average Bonchev–Trinajstić information content (AvgIpc) is 2.69. The summed E-state index contributed by atoms with van der Waals surface area (Å²) in [7, 11) is -1.85. The number of para-hydroxylation sites is 1. The van der Waals surface area contributed by atoms with Gasteiger partial charge in [0.2, 0.25) is 15.9 Å². The molecule has 0 aromatic heterocycles. The van der Waals surface area contributed by atoms with Crippen LogP contribution in [0.15, 0.2) is 42.5 Å². The molecule has 2 aromatic carbocycles. The smallest absolute Gasteiger partial charge is 0.232 e. The van der Waals surface area contributed by atoms with Gasteiger partial charge in [-0.3, -0.25) is 9.10 Å². The number of rotatable bonds is 8. The first kappa shape index (κ1) is 23.9. The number of amides is 1. The molecule has 2 aromatic rings. The van der Waals surface area contributed by atoms with Crippen molar-refractivity contribution in [2.45, 2.75) is 51.7 Å². The number of benzene rings is 2. The molecule has 1 heterocycles. The van der Waals surface area contributed by atoms with E-state index in [0.29, 0.717) is 30.0 Å². The molecule has 0 aliphatic carbocycles. The maximum absolute atomic E-state index is 12.7. The fourth-order valence-corrected chi connectivity index (χ4v) is 5.07. The first-order valence-corrected chi connectivity index (χ1v) is 12.5. The summed E-state index contributed by atoms with van der Waals surface area (Å²) in [6, 6.07) is 12.8. The van der Waals surface area contributed by atoms with Crippen LogP contribution in [0.2, 0.25) is 0 Å². The van der Waals surface area contributed by atoms with Crippen LogP contribution >= 0.6 is 0 Å². The minimum absolute atomic E-state index is 0.118. The Morgan fingerprint density at radius 3 is 2.62 bits per heavy atom. The average molecular weight is 461 g/mol. The van der Waals surface area contributed by atoms with Crippen molar-refractivity contribution in [2.24, 2.45) is 0 Å². The Morgan fingerprint density at radius 2 is 1.97 bits per heavy atom. The summed E-state index contributed by atoms with van der Waals surface area (Å²) in [6.45, 7) is 6.09. The van der Waals surface area contributed by atoms with E-state index in [0.717, 1.165) is 11.1 Å². The lowest BCUT2D eigenvalue weighted by atomic mass is 9.89. The van der Waals surface area contributed by atoms with Crippen molar-refractivity contribution in [1.82, 2.24) is 5.32 Å². The topological polar surface area (TPSA) is 84.9 Å². The third-order valence-corrected chi connectivity index (χ3v) is 6.74. The molecule has 0 spiro atoms. The third kappa shape index (κ3) is 5.73. The Balaban J connectivity index is 1.66. The van der Waals surface area contributed by atoms with Gasteiger partial charge in [0.1, 0.15) is 17.1 Å². The number of hydrogen-bond donors (Lipinski definition) is 1. The van der Waals surface area contributed by atoms with Crippen LogP contribution in [0.1, 0.15) is 50.3 Å². The molecule has 174 valence electrons. The Labute approximate surface area is 190 Å². The highest BCUT2D eigenvalue weighted by Gasteiger charge is 2.34. The van der Waals surface area contributed by atoms with Crippen LogP contribution < -0.4 is 19.1 Å². The van der Waals surface area contributed by atoms with Crippen molar-refractivity contribution < 1.29 is 22.7 Å². The summed E-state index contributed by atoms with van der Waals surface area (Å²) in [5.74, 6) is 1.28. The highest BCUT2D eigenvalue weighted by Crippen LogP contribution is 2.41. The van der Waals surface area contributed by atoms with Gasteiger partial charge in [-0.1, -0.05) is 18.2 Å². The van der Waals surface area contributed by atoms with E-state index < -0.39 is 15.6 Å². The van der Waals surface area contributed by atoms with Gasteiger partial charge in [0, 0.05) is 31.0 Å². The zero-order valence-corrected chi connectivity index (χ0v) is 20.2. The van der Waals surface area contributed by atoms with Crippen molar-refractivity contribution in [3.63, 3.8) is 0 Å². The lowest BCUT2D eigenvalue weighted by molar-refractivity contribution is -0.122. The molecule has 0 saturated carbocycles. The summed E-state index contributed by atoms with van der Waals surface area (Å²) in [6.07, 6.45) is 2.46. The number of hydrogen-bond acceptors (Lipinski definition) is 5. The molecule has 7 nitrogen and oxygen atoms in total. The van der Waals surface area contributed by atoms with Crippen molar-refractivity contribution in [3.05, 3.63) is 53.6 Å². The number of nitrogens with one attached hydrogen (secondary N) is 1.